The molecule has 0 radical (unpaired) electrons. The maximum Gasteiger partial charge on any atom is 0.269 e. The van der Waals surface area contributed by atoms with Crippen molar-refractivity contribution in [3.8, 4) is 5.69 Å². The summed E-state index contributed by atoms with van der Waals surface area (Å²) in [6.07, 6.45) is 0.539. The molecule has 12 heteroatoms. The number of aryl methyl sites for hydroxylation is 1. The van der Waals surface area contributed by atoms with Crippen LogP contribution in [0.15, 0.2) is 89.8 Å². The smallest absolute Gasteiger partial charge is 0.269 e. The molecule has 0 aliphatic carbocycles. The van der Waals surface area contributed by atoms with Crippen molar-refractivity contribution in [1.29, 1.82) is 0 Å². The van der Waals surface area contributed by atoms with Gasteiger partial charge in [0.1, 0.15) is 11.6 Å². The van der Waals surface area contributed by atoms with Gasteiger partial charge < -0.3 is 4.90 Å². The number of benzene rings is 3. The standard InChI is InChI=1S/C29H27N7O4S/c1-21-27-28(33-16-18-34(19-17-33)41(39,40)25-14-12-24(13-15-25)36(37)38)30-26(20-22-8-4-2-5-9-22)31-29(27)35(32-21)23-10-6-3-7-11-23/h2-15H,16-20H2,1H3. The fourth-order valence-electron chi connectivity index (χ4n) is 5.07. The number of para-hydroxylation sites is 1. The van der Waals surface area contributed by atoms with E-state index in [9.17, 15) is 18.5 Å². The normalized spacial score (nSPS) is 14.4. The van der Waals surface area contributed by atoms with Crippen LogP contribution in [0.1, 0.15) is 17.1 Å². The number of hydrogen-bond acceptors (Lipinski definition) is 8. The molecule has 1 saturated heterocycles. The van der Waals surface area contributed by atoms with Crippen LogP contribution in [0.3, 0.4) is 0 Å². The van der Waals surface area contributed by atoms with Crippen LogP contribution >= 0.6 is 0 Å². The number of nitro benzene ring substituents is 1. The van der Waals surface area contributed by atoms with Gasteiger partial charge >= 0.3 is 0 Å². The van der Waals surface area contributed by atoms with E-state index in [4.69, 9.17) is 15.1 Å². The lowest BCUT2D eigenvalue weighted by Gasteiger charge is -2.35. The van der Waals surface area contributed by atoms with Gasteiger partial charge in [-0.15, -0.1) is 0 Å². The van der Waals surface area contributed by atoms with Crippen molar-refractivity contribution in [2.24, 2.45) is 0 Å². The second-order valence-corrected chi connectivity index (χ2v) is 11.7. The molecule has 1 aliphatic rings. The number of nitrogens with zero attached hydrogens (tertiary/aromatic N) is 7. The van der Waals surface area contributed by atoms with E-state index in [0.29, 0.717) is 31.0 Å². The van der Waals surface area contributed by atoms with Crippen molar-refractivity contribution >= 4 is 32.6 Å². The van der Waals surface area contributed by atoms with E-state index in [-0.39, 0.29) is 23.7 Å². The fourth-order valence-corrected chi connectivity index (χ4v) is 6.49. The molecule has 3 aromatic carbocycles. The topological polar surface area (TPSA) is 127 Å². The molecule has 0 amide bonds. The van der Waals surface area contributed by atoms with Crippen LogP contribution in [0.4, 0.5) is 11.5 Å². The Morgan fingerprint density at radius 3 is 2.12 bits per heavy atom. The van der Waals surface area contributed by atoms with Crippen LogP contribution < -0.4 is 4.90 Å². The molecule has 6 rings (SSSR count). The summed E-state index contributed by atoms with van der Waals surface area (Å²) < 4.78 is 29.8. The van der Waals surface area contributed by atoms with Crippen LogP contribution in [0.5, 0.6) is 0 Å². The van der Waals surface area contributed by atoms with Crippen LogP contribution in [-0.2, 0) is 16.4 Å². The minimum absolute atomic E-state index is 0.0334. The molecule has 11 nitrogen and oxygen atoms in total. The molecule has 5 aromatic rings. The third kappa shape index (κ3) is 5.14. The van der Waals surface area contributed by atoms with Crippen molar-refractivity contribution < 1.29 is 13.3 Å². The van der Waals surface area contributed by atoms with Gasteiger partial charge in [-0.05, 0) is 36.8 Å². The van der Waals surface area contributed by atoms with Gasteiger partial charge in [-0.3, -0.25) is 10.1 Å². The first-order chi connectivity index (χ1) is 19.8. The number of sulfonamides is 1. The lowest BCUT2D eigenvalue weighted by Crippen LogP contribution is -2.49. The number of hydrogen-bond donors (Lipinski definition) is 0. The molecule has 0 unspecified atom stereocenters. The van der Waals surface area contributed by atoms with Gasteiger partial charge in [-0.2, -0.15) is 9.40 Å². The summed E-state index contributed by atoms with van der Waals surface area (Å²) in [6.45, 7) is 3.24. The third-order valence-electron chi connectivity index (χ3n) is 7.16. The summed E-state index contributed by atoms with van der Waals surface area (Å²) in [6, 6.07) is 24.8. The Hall–Kier alpha value is -4.68. The first kappa shape index (κ1) is 26.5. The number of piperazine rings is 1. The molecule has 2 aromatic heterocycles. The van der Waals surface area contributed by atoms with E-state index in [1.807, 2.05) is 72.3 Å². The summed E-state index contributed by atoms with van der Waals surface area (Å²) >= 11 is 0. The number of fused-ring (bicyclic) bond motifs is 1. The van der Waals surface area contributed by atoms with E-state index in [0.717, 1.165) is 28.1 Å². The van der Waals surface area contributed by atoms with Gasteiger partial charge in [0.2, 0.25) is 10.0 Å². The number of rotatable bonds is 7. The molecular formula is C29H27N7O4S. The molecule has 1 aliphatic heterocycles. The second-order valence-electron chi connectivity index (χ2n) is 9.80. The molecule has 208 valence electrons. The maximum atomic E-state index is 13.3. The van der Waals surface area contributed by atoms with Gasteiger partial charge in [0, 0.05) is 44.7 Å². The van der Waals surface area contributed by atoms with Gasteiger partial charge in [-0.1, -0.05) is 48.5 Å². The van der Waals surface area contributed by atoms with Crippen molar-refractivity contribution in [2.75, 3.05) is 31.1 Å². The zero-order valence-corrected chi connectivity index (χ0v) is 23.1. The lowest BCUT2D eigenvalue weighted by molar-refractivity contribution is -0.384. The number of anilines is 1. The third-order valence-corrected chi connectivity index (χ3v) is 9.07. The molecule has 41 heavy (non-hydrogen) atoms. The molecule has 0 bridgehead atoms. The average molecular weight is 570 g/mol. The predicted octanol–water partition coefficient (Wildman–Crippen LogP) is 4.13. The SMILES string of the molecule is Cc1nn(-c2ccccc2)c2nc(Cc3ccccc3)nc(N3CCN(S(=O)(=O)c4ccc([N+](=O)[O-])cc4)CC3)c12. The Bertz CT molecular complexity index is 1820. The van der Waals surface area contributed by atoms with E-state index in [1.165, 1.54) is 28.6 Å². The molecule has 0 saturated carbocycles. The first-order valence-corrected chi connectivity index (χ1v) is 14.6. The first-order valence-electron chi connectivity index (χ1n) is 13.2. The summed E-state index contributed by atoms with van der Waals surface area (Å²) in [5.41, 5.74) is 3.30. The summed E-state index contributed by atoms with van der Waals surface area (Å²) in [5.74, 6) is 1.38. The van der Waals surface area contributed by atoms with Crippen LogP contribution in [0.25, 0.3) is 16.7 Å². The summed E-state index contributed by atoms with van der Waals surface area (Å²) in [5, 5.41) is 16.6. The Morgan fingerprint density at radius 1 is 0.854 bits per heavy atom. The maximum absolute atomic E-state index is 13.3. The monoisotopic (exact) mass is 569 g/mol. The van der Waals surface area contributed by atoms with Gasteiger partial charge in [0.05, 0.1) is 26.6 Å². The highest BCUT2D eigenvalue weighted by atomic mass is 32.2. The van der Waals surface area contributed by atoms with Crippen LogP contribution in [0, 0.1) is 17.0 Å². The number of aromatic nitrogens is 4. The average Bonchev–Trinajstić information content (AvgIpc) is 3.34. The molecule has 0 spiro atoms. The Labute approximate surface area is 236 Å². The second kappa shape index (κ2) is 10.7. The van der Waals surface area contributed by atoms with Crippen LogP contribution in [-0.4, -0.2) is 63.6 Å². The molecule has 0 atom stereocenters. The molecule has 0 N–H and O–H groups in total. The van der Waals surface area contributed by atoms with Gasteiger partial charge in [0.15, 0.2) is 5.65 Å². The zero-order chi connectivity index (χ0) is 28.6. The molecule has 1 fully saturated rings. The zero-order valence-electron chi connectivity index (χ0n) is 22.3. The van der Waals surface area contributed by atoms with E-state index in [2.05, 4.69) is 4.90 Å². The lowest BCUT2D eigenvalue weighted by atomic mass is 10.1. The predicted molar refractivity (Wildman–Crippen MR) is 155 cm³/mol. The van der Waals surface area contributed by atoms with Crippen molar-refractivity contribution in [2.45, 2.75) is 18.2 Å². The van der Waals surface area contributed by atoms with Gasteiger partial charge in [0.25, 0.3) is 5.69 Å². The van der Waals surface area contributed by atoms with Crippen molar-refractivity contribution in [3.05, 3.63) is 112 Å². The summed E-state index contributed by atoms with van der Waals surface area (Å²) in [7, 11) is -3.81. The molecule has 3 heterocycles. The fraction of sp³-hybridized carbons (Fsp3) is 0.207. The largest absolute Gasteiger partial charge is 0.353 e. The minimum Gasteiger partial charge on any atom is -0.353 e. The van der Waals surface area contributed by atoms with Crippen molar-refractivity contribution in [3.63, 3.8) is 0 Å². The van der Waals surface area contributed by atoms with Gasteiger partial charge in [-0.25, -0.2) is 23.1 Å². The highest BCUT2D eigenvalue weighted by Crippen LogP contribution is 2.31. The van der Waals surface area contributed by atoms with E-state index >= 15 is 0 Å². The van der Waals surface area contributed by atoms with Crippen molar-refractivity contribution in [1.82, 2.24) is 24.1 Å². The quantitative estimate of drug-likeness (QED) is 0.211. The minimum atomic E-state index is -3.81. The summed E-state index contributed by atoms with van der Waals surface area (Å²) in [4.78, 5) is 22.5. The highest BCUT2D eigenvalue weighted by molar-refractivity contribution is 7.89. The Kier molecular flexibility index (Phi) is 6.93. The Morgan fingerprint density at radius 2 is 1.49 bits per heavy atom. The van der Waals surface area contributed by atoms with E-state index in [1.54, 1.807) is 0 Å². The molecular weight excluding hydrogens is 542 g/mol. The van der Waals surface area contributed by atoms with E-state index < -0.39 is 14.9 Å². The highest BCUT2D eigenvalue weighted by Gasteiger charge is 2.31. The Balaban J connectivity index is 1.34. The number of non-ortho nitro benzene ring substituents is 1. The number of nitro groups is 1. The van der Waals surface area contributed by atoms with Crippen LogP contribution in [0.2, 0.25) is 0 Å².